The molecule has 13 nitrogen and oxygen atoms in total. The zero-order valence-corrected chi connectivity index (χ0v) is 45.7. The second-order valence-corrected chi connectivity index (χ2v) is 18.2. The molecule has 0 spiro atoms. The summed E-state index contributed by atoms with van der Waals surface area (Å²) >= 11 is 5.27. The number of anilines is 3. The predicted octanol–water partition coefficient (Wildman–Crippen LogP) is 16.5. The molecule has 2 aromatic carbocycles. The van der Waals surface area contributed by atoms with Crippen molar-refractivity contribution in [2.45, 2.75) is 59.1 Å². The van der Waals surface area contributed by atoms with Crippen LogP contribution in [0, 0.1) is 5.41 Å². The number of halogens is 3. The number of unbranched alkanes of at least 4 members (excludes halogenated alkanes) is 3. The van der Waals surface area contributed by atoms with E-state index in [1.54, 1.807) is 78.5 Å². The van der Waals surface area contributed by atoms with E-state index in [-0.39, 0.29) is 36.3 Å². The van der Waals surface area contributed by atoms with Crippen LogP contribution in [0.3, 0.4) is 0 Å². The van der Waals surface area contributed by atoms with Crippen molar-refractivity contribution in [3.8, 4) is 44.5 Å². The summed E-state index contributed by atoms with van der Waals surface area (Å²) in [6.45, 7) is 5.20. The van der Waals surface area contributed by atoms with E-state index in [0.717, 1.165) is 45.9 Å². The van der Waals surface area contributed by atoms with Gasteiger partial charge in [0.15, 0.2) is 0 Å². The SMILES string of the molecule is C/C(=C\c1ccnc(-c2cc(/C=C(\C)C(=O)O)cc(-c3cc(-c4cc(N(c5ccccc5)c5ccccc5)co4)ccn3)n2)c1)C(=O)O.CCCCCCc1ccsc1-c1ccnc(/C([NH-])=C/C(=N)C(F)(F)F)c1.[N-]=C=S.[Ru+2]. The van der Waals surface area contributed by atoms with Crippen LogP contribution in [0.25, 0.3) is 73.5 Å². The summed E-state index contributed by atoms with van der Waals surface area (Å²) < 4.78 is 43.5. The van der Waals surface area contributed by atoms with Crippen LogP contribution < -0.4 is 4.90 Å². The molecule has 6 aromatic heterocycles. The Bertz CT molecular complexity index is 3430. The Labute approximate surface area is 471 Å². The van der Waals surface area contributed by atoms with E-state index < -0.39 is 29.5 Å². The smallest absolute Gasteiger partial charge is 0.753 e. The van der Waals surface area contributed by atoms with E-state index in [1.807, 2.05) is 84.2 Å². The minimum absolute atomic E-state index is 0. The Hall–Kier alpha value is -8.34. The van der Waals surface area contributed by atoms with Crippen LogP contribution >= 0.6 is 23.6 Å². The van der Waals surface area contributed by atoms with Crippen LogP contribution in [-0.4, -0.2) is 59.1 Å². The molecule has 0 atom stereocenters. The number of thiophene rings is 1. The molecule has 8 rings (SSSR count). The molecular weight excluding hydrogens is 1120 g/mol. The summed E-state index contributed by atoms with van der Waals surface area (Å²) in [5, 5.41) is 36.4. The summed E-state index contributed by atoms with van der Waals surface area (Å²) in [4.78, 5) is 44.1. The number of alkyl halides is 3. The van der Waals surface area contributed by atoms with Crippen molar-refractivity contribution in [2.75, 3.05) is 4.90 Å². The molecular formula is C59H51F3N8O5RuS2. The number of aliphatic carboxylic acids is 2. The normalized spacial score (nSPS) is 11.4. The first-order chi connectivity index (χ1) is 37.0. The number of carboxylic acids is 2. The first kappa shape index (κ1) is 60.5. The minimum atomic E-state index is -4.76. The number of rotatable bonds is 18. The summed E-state index contributed by atoms with van der Waals surface area (Å²) in [7, 11) is 0. The molecule has 6 heterocycles. The standard InChI is InChI=1S/C39H30N4O5.C19H21F3N3S.CNS.Ru/c1-25(38(44)45)17-27-13-15-40-33(19-27)35-20-28(18-26(2)39(46)47)21-36(42-35)34-22-29(14-16-41-34)37-23-32(24-48-37)43(30-9-5-3-6-10-30)31-11-7-4-8-12-31;1-2-3-4-5-6-13-8-10-26-18(13)14-7-9-25-16(11-14)15(23)12-17(24)19(20,21)22;2-1-3;/h3-24H,1-2H3,(H,44,45)(H,46,47);7-12,23-24H,2-6H2,1H3;;/q;2*-1;+2/b25-17+,26-18+;15-12-,24-17?;;. The predicted molar refractivity (Wildman–Crippen MR) is 303 cm³/mol. The molecule has 0 saturated heterocycles. The summed E-state index contributed by atoms with van der Waals surface area (Å²) in [5.41, 5.74) is 15.1. The number of hydrogen-bond acceptors (Lipinski definition) is 11. The maximum Gasteiger partial charge on any atom is 2.00 e. The number of thiocarbonyl (C=S) groups is 1. The first-order valence-electron chi connectivity index (χ1n) is 23.9. The van der Waals surface area contributed by atoms with Gasteiger partial charge in [-0.05, 0) is 151 Å². The summed E-state index contributed by atoms with van der Waals surface area (Å²) in [6.07, 6.45) is 10.9. The minimum Gasteiger partial charge on any atom is -0.753 e. The van der Waals surface area contributed by atoms with Crippen molar-refractivity contribution in [3.63, 3.8) is 0 Å². The van der Waals surface area contributed by atoms with Gasteiger partial charge in [0.1, 0.15) is 17.7 Å². The number of carbonyl (C=O) groups is 2. The number of furan rings is 1. The monoisotopic (exact) mass is 1170 g/mol. The molecule has 0 saturated carbocycles. The fraction of sp³-hybridized carbons (Fsp3) is 0.153. The number of pyridine rings is 4. The maximum atomic E-state index is 12.5. The zero-order valence-electron chi connectivity index (χ0n) is 42.3. The second kappa shape index (κ2) is 29.3. The summed E-state index contributed by atoms with van der Waals surface area (Å²) in [6, 6.07) is 38.2. The van der Waals surface area contributed by atoms with Gasteiger partial charge in [-0.25, -0.2) is 14.6 Å². The van der Waals surface area contributed by atoms with Crippen molar-refractivity contribution >= 4 is 81.3 Å². The number of nitrogens with zero attached hydrogens (tertiary/aromatic N) is 6. The molecule has 0 aliphatic rings. The van der Waals surface area contributed by atoms with Crippen molar-refractivity contribution < 1.29 is 56.9 Å². The van der Waals surface area contributed by atoms with Crippen LogP contribution in [0.1, 0.15) is 68.8 Å². The molecule has 0 unspecified atom stereocenters. The molecule has 0 aliphatic heterocycles. The topological polar surface area (TPSA) is 212 Å². The van der Waals surface area contributed by atoms with E-state index in [0.29, 0.717) is 45.7 Å². The molecule has 398 valence electrons. The molecule has 19 heteroatoms. The van der Waals surface area contributed by atoms with Gasteiger partial charge in [0.25, 0.3) is 0 Å². The van der Waals surface area contributed by atoms with E-state index in [2.05, 4.69) is 45.1 Å². The number of aromatic nitrogens is 4. The van der Waals surface area contributed by atoms with E-state index in [9.17, 15) is 33.0 Å². The van der Waals surface area contributed by atoms with Gasteiger partial charge < -0.3 is 30.7 Å². The van der Waals surface area contributed by atoms with Crippen LogP contribution in [0.2, 0.25) is 0 Å². The van der Waals surface area contributed by atoms with Crippen LogP contribution in [0.5, 0.6) is 0 Å². The molecule has 0 bridgehead atoms. The molecule has 0 aliphatic carbocycles. The third-order valence-electron chi connectivity index (χ3n) is 11.5. The number of isothiocyanates is 1. The fourth-order valence-corrected chi connectivity index (χ4v) is 8.62. The molecule has 4 N–H and O–H groups in total. The number of nitrogens with one attached hydrogen (secondary N) is 2. The first-order valence-corrected chi connectivity index (χ1v) is 25.2. The maximum absolute atomic E-state index is 12.5. The average molecular weight is 1170 g/mol. The van der Waals surface area contributed by atoms with Crippen LogP contribution in [0.4, 0.5) is 30.2 Å². The van der Waals surface area contributed by atoms with E-state index in [1.165, 1.54) is 50.0 Å². The number of aryl methyl sites for hydroxylation is 1. The Morgan fingerprint density at radius 3 is 1.90 bits per heavy atom. The van der Waals surface area contributed by atoms with Gasteiger partial charge in [0.2, 0.25) is 0 Å². The Morgan fingerprint density at radius 2 is 1.31 bits per heavy atom. The van der Waals surface area contributed by atoms with Crippen molar-refractivity contribution in [1.82, 2.24) is 19.9 Å². The van der Waals surface area contributed by atoms with E-state index in [4.69, 9.17) is 26.0 Å². The third-order valence-corrected chi connectivity index (χ3v) is 12.5. The zero-order chi connectivity index (χ0) is 55.5. The molecule has 8 aromatic rings. The van der Waals surface area contributed by atoms with Gasteiger partial charge in [-0.15, -0.1) is 17.0 Å². The number of allylic oxidation sites excluding steroid dienone is 1. The average Bonchev–Trinajstić information content (AvgIpc) is 4.12. The fourth-order valence-electron chi connectivity index (χ4n) is 7.67. The van der Waals surface area contributed by atoms with Crippen LogP contribution in [0.15, 0.2) is 173 Å². The van der Waals surface area contributed by atoms with Crippen molar-refractivity contribution in [3.05, 3.63) is 202 Å². The molecule has 0 fully saturated rings. The van der Waals surface area contributed by atoms with Gasteiger partial charge in [-0.1, -0.05) is 74.8 Å². The van der Waals surface area contributed by atoms with Gasteiger partial charge in [-0.3, -0.25) is 20.4 Å². The largest absolute Gasteiger partial charge is 2.00 e. The number of carboxylic acid groups (broad SMARTS) is 2. The number of benzene rings is 2. The quantitative estimate of drug-likeness (QED) is 0.0242. The van der Waals surface area contributed by atoms with Crippen LogP contribution in [-0.2, 0) is 35.5 Å². The van der Waals surface area contributed by atoms with Gasteiger partial charge in [0, 0.05) is 63.3 Å². The number of hydrogen-bond donors (Lipinski definition) is 3. The molecule has 0 radical (unpaired) electrons. The molecule has 78 heavy (non-hydrogen) atoms. The Morgan fingerprint density at radius 1 is 0.756 bits per heavy atom. The van der Waals surface area contributed by atoms with Crippen molar-refractivity contribution in [2.24, 2.45) is 0 Å². The van der Waals surface area contributed by atoms with Gasteiger partial charge in [-0.2, -0.15) is 18.3 Å². The van der Waals surface area contributed by atoms with E-state index >= 15 is 0 Å². The Balaban J connectivity index is 0.000000316. The molecule has 0 amide bonds. The number of para-hydroxylation sites is 2. The van der Waals surface area contributed by atoms with Gasteiger partial charge >= 0.3 is 37.6 Å². The second-order valence-electron chi connectivity index (χ2n) is 17.1. The Kier molecular flexibility index (Phi) is 22.7. The van der Waals surface area contributed by atoms with Crippen molar-refractivity contribution in [1.29, 1.82) is 5.41 Å². The van der Waals surface area contributed by atoms with Gasteiger partial charge in [0.05, 0.1) is 28.5 Å². The third kappa shape index (κ3) is 17.1. The summed E-state index contributed by atoms with van der Waals surface area (Å²) in [5.74, 6) is -1.44.